The van der Waals surface area contributed by atoms with Crippen LogP contribution in [0, 0.1) is 11.8 Å². The van der Waals surface area contributed by atoms with Crippen LogP contribution in [0.5, 0.6) is 0 Å². The van der Waals surface area contributed by atoms with Crippen molar-refractivity contribution >= 4 is 17.6 Å². The molecule has 0 saturated carbocycles. The number of hydrogen-bond donors (Lipinski definition) is 2. The molecule has 0 aromatic heterocycles. The molecule has 1 aliphatic heterocycles. The second-order valence-electron chi connectivity index (χ2n) is 5.56. The number of nitrogens with zero attached hydrogens (tertiary/aromatic N) is 1. The molecule has 1 aromatic carbocycles. The lowest BCUT2D eigenvalue weighted by Gasteiger charge is -2.32. The quantitative estimate of drug-likeness (QED) is 0.880. The summed E-state index contributed by atoms with van der Waals surface area (Å²) in [5, 5.41) is 2.79. The Morgan fingerprint density at radius 3 is 2.50 bits per heavy atom. The van der Waals surface area contributed by atoms with Gasteiger partial charge in [-0.05, 0) is 30.0 Å². The summed E-state index contributed by atoms with van der Waals surface area (Å²) in [6.07, 6.45) is 0.774. The summed E-state index contributed by atoms with van der Waals surface area (Å²) in [4.78, 5) is 25.7. The summed E-state index contributed by atoms with van der Waals surface area (Å²) in [6, 6.07) is 6.84. The largest absolute Gasteiger partial charge is 0.337 e. The number of hydrogen-bond acceptors (Lipinski definition) is 3. The third-order valence-electron chi connectivity index (χ3n) is 3.46. The number of rotatable bonds is 4. The number of nitrogens with one attached hydrogen (secondary N) is 1. The van der Waals surface area contributed by atoms with Gasteiger partial charge in [-0.15, -0.1) is 0 Å². The average molecular weight is 275 g/mol. The van der Waals surface area contributed by atoms with Crippen molar-refractivity contribution in [1.29, 1.82) is 0 Å². The molecule has 1 unspecified atom stereocenters. The van der Waals surface area contributed by atoms with Crippen LogP contribution in [0.4, 0.5) is 10.5 Å². The van der Waals surface area contributed by atoms with E-state index in [1.165, 1.54) is 4.90 Å². The number of carbonyl (C=O) groups is 2. The van der Waals surface area contributed by atoms with Gasteiger partial charge < -0.3 is 11.1 Å². The summed E-state index contributed by atoms with van der Waals surface area (Å²) in [5.41, 5.74) is 7.12. The van der Waals surface area contributed by atoms with Crippen molar-refractivity contribution in [2.24, 2.45) is 17.6 Å². The molecule has 0 radical (unpaired) electrons. The summed E-state index contributed by atoms with van der Waals surface area (Å²) < 4.78 is 0. The first kappa shape index (κ1) is 14.5. The minimum atomic E-state index is -0.351. The fourth-order valence-corrected chi connectivity index (χ4v) is 2.44. The van der Waals surface area contributed by atoms with Crippen LogP contribution in [0.1, 0.15) is 25.8 Å². The molecule has 3 amide bonds. The Labute approximate surface area is 119 Å². The first-order valence-corrected chi connectivity index (χ1v) is 6.93. The van der Waals surface area contributed by atoms with Gasteiger partial charge in [-0.3, -0.25) is 4.79 Å². The molecular weight excluding hydrogens is 254 g/mol. The molecule has 3 N–H and O–H groups in total. The first-order chi connectivity index (χ1) is 9.52. The Hall–Kier alpha value is -1.88. The summed E-state index contributed by atoms with van der Waals surface area (Å²) in [5.74, 6) is 0.144. The Morgan fingerprint density at radius 2 is 1.95 bits per heavy atom. The van der Waals surface area contributed by atoms with Crippen LogP contribution in [0.15, 0.2) is 24.3 Å². The molecule has 1 heterocycles. The lowest BCUT2D eigenvalue weighted by molar-refractivity contribution is -0.122. The molecule has 0 aliphatic carbocycles. The first-order valence-electron chi connectivity index (χ1n) is 6.93. The zero-order chi connectivity index (χ0) is 14.7. The molecule has 0 bridgehead atoms. The highest BCUT2D eigenvalue weighted by Gasteiger charge is 2.35. The Balaban J connectivity index is 2.22. The lowest BCUT2D eigenvalue weighted by Crippen LogP contribution is -2.55. The normalized spacial score (nSPS) is 19.4. The van der Waals surface area contributed by atoms with Crippen molar-refractivity contribution in [3.63, 3.8) is 0 Å². The van der Waals surface area contributed by atoms with Crippen molar-refractivity contribution in [2.75, 3.05) is 11.4 Å². The number of benzene rings is 1. The average Bonchev–Trinajstić information content (AvgIpc) is 2.42. The topological polar surface area (TPSA) is 75.4 Å². The van der Waals surface area contributed by atoms with E-state index in [9.17, 15) is 9.59 Å². The Morgan fingerprint density at radius 1 is 1.30 bits per heavy atom. The van der Waals surface area contributed by atoms with Gasteiger partial charge in [0.05, 0.1) is 11.6 Å². The van der Waals surface area contributed by atoms with E-state index in [1.807, 2.05) is 12.1 Å². The van der Waals surface area contributed by atoms with Crippen LogP contribution < -0.4 is 16.0 Å². The van der Waals surface area contributed by atoms with Gasteiger partial charge in [-0.25, -0.2) is 9.69 Å². The molecule has 1 aliphatic rings. The number of nitrogens with two attached hydrogens (primary N) is 1. The molecule has 20 heavy (non-hydrogen) atoms. The van der Waals surface area contributed by atoms with Gasteiger partial charge in [0, 0.05) is 13.1 Å². The van der Waals surface area contributed by atoms with E-state index in [4.69, 9.17) is 5.73 Å². The molecule has 1 atom stereocenters. The zero-order valence-corrected chi connectivity index (χ0v) is 11.9. The maximum atomic E-state index is 12.5. The van der Waals surface area contributed by atoms with E-state index >= 15 is 0 Å². The van der Waals surface area contributed by atoms with E-state index < -0.39 is 0 Å². The Kier molecular flexibility index (Phi) is 4.39. The van der Waals surface area contributed by atoms with E-state index in [1.54, 1.807) is 12.1 Å². The molecule has 1 saturated heterocycles. The van der Waals surface area contributed by atoms with Gasteiger partial charge in [-0.1, -0.05) is 26.0 Å². The number of imide groups is 1. The van der Waals surface area contributed by atoms with Gasteiger partial charge in [0.25, 0.3) is 0 Å². The zero-order valence-electron chi connectivity index (χ0n) is 11.9. The van der Waals surface area contributed by atoms with Gasteiger partial charge >= 0.3 is 6.03 Å². The third-order valence-corrected chi connectivity index (χ3v) is 3.46. The van der Waals surface area contributed by atoms with Gasteiger partial charge in [0.2, 0.25) is 5.91 Å². The van der Waals surface area contributed by atoms with Crippen molar-refractivity contribution in [2.45, 2.75) is 26.8 Å². The molecule has 5 heteroatoms. The van der Waals surface area contributed by atoms with E-state index in [-0.39, 0.29) is 17.9 Å². The van der Waals surface area contributed by atoms with Crippen molar-refractivity contribution in [1.82, 2.24) is 5.32 Å². The van der Waals surface area contributed by atoms with Crippen LogP contribution in [0.25, 0.3) is 0 Å². The van der Waals surface area contributed by atoms with Crippen LogP contribution in [0.3, 0.4) is 0 Å². The Bertz CT molecular complexity index is 496. The maximum Gasteiger partial charge on any atom is 0.328 e. The van der Waals surface area contributed by atoms with Crippen LogP contribution >= 0.6 is 0 Å². The summed E-state index contributed by atoms with van der Waals surface area (Å²) in [7, 11) is 0. The van der Waals surface area contributed by atoms with Crippen molar-refractivity contribution in [3.8, 4) is 0 Å². The predicted octanol–water partition coefficient (Wildman–Crippen LogP) is 1.86. The maximum absolute atomic E-state index is 12.5. The summed E-state index contributed by atoms with van der Waals surface area (Å²) in [6.45, 7) is 5.01. The fraction of sp³-hybridized carbons (Fsp3) is 0.467. The van der Waals surface area contributed by atoms with Crippen molar-refractivity contribution in [3.05, 3.63) is 29.8 Å². The molecule has 5 nitrogen and oxygen atoms in total. The minimum Gasteiger partial charge on any atom is -0.337 e. The molecule has 1 fully saturated rings. The molecule has 0 spiro atoms. The third kappa shape index (κ3) is 2.99. The second-order valence-corrected chi connectivity index (χ2v) is 5.56. The fourth-order valence-electron chi connectivity index (χ4n) is 2.44. The SMILES string of the molecule is CC(C)CC1CNC(=O)N(c2ccc(CN)cc2)C1=O. The molecule has 1 aromatic rings. The number of anilines is 1. The smallest absolute Gasteiger partial charge is 0.328 e. The lowest BCUT2D eigenvalue weighted by atomic mass is 9.94. The van der Waals surface area contributed by atoms with Gasteiger partial charge in [0.1, 0.15) is 0 Å². The molecule has 108 valence electrons. The highest BCUT2D eigenvalue weighted by molar-refractivity contribution is 6.16. The van der Waals surface area contributed by atoms with Gasteiger partial charge in [-0.2, -0.15) is 0 Å². The number of urea groups is 1. The van der Waals surface area contributed by atoms with Crippen LogP contribution in [-0.4, -0.2) is 18.5 Å². The highest BCUT2D eigenvalue weighted by atomic mass is 16.2. The highest BCUT2D eigenvalue weighted by Crippen LogP contribution is 2.23. The van der Waals surface area contributed by atoms with E-state index in [2.05, 4.69) is 19.2 Å². The van der Waals surface area contributed by atoms with E-state index in [0.717, 1.165) is 12.0 Å². The summed E-state index contributed by atoms with van der Waals surface area (Å²) >= 11 is 0. The minimum absolute atomic E-state index is 0.122. The molecular formula is C15H21N3O2. The monoisotopic (exact) mass is 275 g/mol. The second kappa shape index (κ2) is 6.05. The number of amides is 3. The standard InChI is InChI=1S/C15H21N3O2/c1-10(2)7-12-9-17-15(20)18(14(12)19)13-5-3-11(8-16)4-6-13/h3-6,10,12H,7-9,16H2,1-2H3,(H,17,20). The van der Waals surface area contributed by atoms with Crippen LogP contribution in [-0.2, 0) is 11.3 Å². The van der Waals surface area contributed by atoms with Crippen LogP contribution in [0.2, 0.25) is 0 Å². The van der Waals surface area contributed by atoms with Crippen molar-refractivity contribution < 1.29 is 9.59 Å². The predicted molar refractivity (Wildman–Crippen MR) is 78.2 cm³/mol. The van der Waals surface area contributed by atoms with Gasteiger partial charge in [0.15, 0.2) is 0 Å². The number of carbonyl (C=O) groups excluding carboxylic acids is 2. The van der Waals surface area contributed by atoms with E-state index in [0.29, 0.717) is 24.7 Å². The molecule has 2 rings (SSSR count).